The van der Waals surface area contributed by atoms with Crippen molar-refractivity contribution in [2.24, 2.45) is 11.8 Å². The lowest BCUT2D eigenvalue weighted by atomic mass is 9.79. The van der Waals surface area contributed by atoms with Gasteiger partial charge in [-0.15, -0.1) is 0 Å². The van der Waals surface area contributed by atoms with Gasteiger partial charge in [0, 0.05) is 24.0 Å². The summed E-state index contributed by atoms with van der Waals surface area (Å²) in [4.78, 5) is 12.1. The monoisotopic (exact) mass is 289 g/mol. The van der Waals surface area contributed by atoms with Gasteiger partial charge in [-0.05, 0) is 56.2 Å². The van der Waals surface area contributed by atoms with Gasteiger partial charge < -0.3 is 16.4 Å². The summed E-state index contributed by atoms with van der Waals surface area (Å²) in [5.41, 5.74) is 8.10. The van der Waals surface area contributed by atoms with Gasteiger partial charge in [0.2, 0.25) is 0 Å². The molecule has 4 N–H and O–H groups in total. The van der Waals surface area contributed by atoms with E-state index in [0.29, 0.717) is 29.8 Å². The van der Waals surface area contributed by atoms with Crippen molar-refractivity contribution in [3.8, 4) is 0 Å². The Kier molecular flexibility index (Phi) is 5.10. The van der Waals surface area contributed by atoms with Crippen molar-refractivity contribution < 1.29 is 4.79 Å². The van der Waals surface area contributed by atoms with Gasteiger partial charge in [-0.1, -0.05) is 13.8 Å². The second-order valence-corrected chi connectivity index (χ2v) is 6.27. The zero-order valence-electron chi connectivity index (χ0n) is 13.3. The van der Waals surface area contributed by atoms with Gasteiger partial charge in [0.15, 0.2) is 0 Å². The van der Waals surface area contributed by atoms with Crippen molar-refractivity contribution in [3.05, 3.63) is 23.8 Å². The lowest BCUT2D eigenvalue weighted by Crippen LogP contribution is -2.31. The molecular weight excluding hydrogens is 262 g/mol. The Morgan fingerprint density at radius 1 is 1.29 bits per heavy atom. The van der Waals surface area contributed by atoms with Crippen LogP contribution in [0.5, 0.6) is 0 Å². The second-order valence-electron chi connectivity index (χ2n) is 6.27. The fourth-order valence-corrected chi connectivity index (χ4v) is 3.03. The third-order valence-corrected chi connectivity index (χ3v) is 4.58. The Morgan fingerprint density at radius 2 is 2.05 bits per heavy atom. The van der Waals surface area contributed by atoms with Crippen LogP contribution in [0.4, 0.5) is 11.4 Å². The fraction of sp³-hybridized carbons (Fsp3) is 0.588. The molecule has 0 spiro atoms. The molecule has 0 aliphatic heterocycles. The van der Waals surface area contributed by atoms with E-state index in [9.17, 15) is 4.79 Å². The lowest BCUT2D eigenvalue weighted by molar-refractivity contribution is 0.0956. The number of nitrogens with one attached hydrogen (secondary N) is 2. The highest BCUT2D eigenvalue weighted by molar-refractivity contribution is 6.00. The SMILES string of the molecule is CCNC(=O)c1ccc(N)cc1NC1CCC(C)C(C)C1. The molecule has 4 heteroatoms. The Hall–Kier alpha value is -1.71. The maximum atomic E-state index is 12.1. The quantitative estimate of drug-likeness (QED) is 0.745. The number of anilines is 2. The number of amides is 1. The zero-order chi connectivity index (χ0) is 15.4. The maximum absolute atomic E-state index is 12.1. The minimum atomic E-state index is -0.0442. The van der Waals surface area contributed by atoms with Crippen LogP contribution in [0.2, 0.25) is 0 Å². The molecule has 0 saturated heterocycles. The Bertz CT molecular complexity index is 501. The van der Waals surface area contributed by atoms with Crippen molar-refractivity contribution in [3.63, 3.8) is 0 Å². The Balaban J connectivity index is 2.15. The minimum absolute atomic E-state index is 0.0442. The first-order valence-electron chi connectivity index (χ1n) is 7.95. The molecule has 0 aromatic heterocycles. The lowest BCUT2D eigenvalue weighted by Gasteiger charge is -2.33. The number of rotatable bonds is 4. The second kappa shape index (κ2) is 6.83. The van der Waals surface area contributed by atoms with E-state index >= 15 is 0 Å². The summed E-state index contributed by atoms with van der Waals surface area (Å²) in [5.74, 6) is 1.45. The van der Waals surface area contributed by atoms with E-state index in [-0.39, 0.29) is 5.91 Å². The van der Waals surface area contributed by atoms with Crippen LogP contribution in [-0.4, -0.2) is 18.5 Å². The highest BCUT2D eigenvalue weighted by atomic mass is 16.1. The van der Waals surface area contributed by atoms with Crippen LogP contribution in [0.15, 0.2) is 18.2 Å². The van der Waals surface area contributed by atoms with Gasteiger partial charge in [-0.25, -0.2) is 0 Å². The molecule has 1 aromatic carbocycles. The summed E-state index contributed by atoms with van der Waals surface area (Å²) in [6.07, 6.45) is 3.53. The third-order valence-electron chi connectivity index (χ3n) is 4.58. The van der Waals surface area contributed by atoms with E-state index < -0.39 is 0 Å². The molecule has 1 aliphatic carbocycles. The van der Waals surface area contributed by atoms with Crippen LogP contribution >= 0.6 is 0 Å². The summed E-state index contributed by atoms with van der Waals surface area (Å²) in [6.45, 7) is 7.18. The van der Waals surface area contributed by atoms with Gasteiger partial charge in [-0.3, -0.25) is 4.79 Å². The Labute approximate surface area is 127 Å². The van der Waals surface area contributed by atoms with Crippen molar-refractivity contribution in [2.75, 3.05) is 17.6 Å². The molecule has 2 rings (SSSR count). The Morgan fingerprint density at radius 3 is 2.71 bits per heavy atom. The van der Waals surface area contributed by atoms with Gasteiger partial charge in [0.1, 0.15) is 0 Å². The van der Waals surface area contributed by atoms with Crippen molar-refractivity contribution in [1.29, 1.82) is 0 Å². The zero-order valence-corrected chi connectivity index (χ0v) is 13.3. The van der Waals surface area contributed by atoms with Crippen LogP contribution < -0.4 is 16.4 Å². The number of hydrogen-bond acceptors (Lipinski definition) is 3. The van der Waals surface area contributed by atoms with Crippen LogP contribution in [0.3, 0.4) is 0 Å². The van der Waals surface area contributed by atoms with E-state index in [1.165, 1.54) is 6.42 Å². The number of carbonyl (C=O) groups is 1. The predicted molar refractivity (Wildman–Crippen MR) is 88.5 cm³/mol. The maximum Gasteiger partial charge on any atom is 0.253 e. The van der Waals surface area contributed by atoms with Gasteiger partial charge >= 0.3 is 0 Å². The fourth-order valence-electron chi connectivity index (χ4n) is 3.03. The molecule has 0 radical (unpaired) electrons. The molecular formula is C17H27N3O. The minimum Gasteiger partial charge on any atom is -0.399 e. The molecule has 1 amide bonds. The van der Waals surface area contributed by atoms with Gasteiger partial charge in [-0.2, -0.15) is 0 Å². The van der Waals surface area contributed by atoms with Gasteiger partial charge in [0.25, 0.3) is 5.91 Å². The molecule has 4 nitrogen and oxygen atoms in total. The van der Waals surface area contributed by atoms with Crippen molar-refractivity contribution >= 4 is 17.3 Å². The number of carbonyl (C=O) groups excluding carboxylic acids is 1. The van der Waals surface area contributed by atoms with E-state index in [1.807, 2.05) is 13.0 Å². The molecule has 3 atom stereocenters. The molecule has 0 bridgehead atoms. The average molecular weight is 289 g/mol. The van der Waals surface area contributed by atoms with Gasteiger partial charge in [0.05, 0.1) is 5.56 Å². The first-order valence-corrected chi connectivity index (χ1v) is 7.95. The molecule has 1 aromatic rings. The molecule has 0 heterocycles. The van der Waals surface area contributed by atoms with Crippen LogP contribution in [0, 0.1) is 11.8 Å². The van der Waals surface area contributed by atoms with Crippen molar-refractivity contribution in [1.82, 2.24) is 5.32 Å². The standard InChI is InChI=1S/C17H27N3O/c1-4-19-17(21)15-8-6-13(18)10-16(15)20-14-7-5-11(2)12(3)9-14/h6,8,10-12,14,20H,4-5,7,9,18H2,1-3H3,(H,19,21). The van der Waals surface area contributed by atoms with Crippen molar-refractivity contribution in [2.45, 2.75) is 46.1 Å². The first kappa shape index (κ1) is 15.7. The predicted octanol–water partition coefficient (Wildman–Crippen LogP) is 3.26. The molecule has 1 fully saturated rings. The number of benzene rings is 1. The third kappa shape index (κ3) is 3.90. The molecule has 1 aliphatic rings. The normalized spacial score (nSPS) is 25.4. The summed E-state index contributed by atoms with van der Waals surface area (Å²) >= 11 is 0. The number of nitrogens with two attached hydrogens (primary N) is 1. The summed E-state index contributed by atoms with van der Waals surface area (Å²) in [6, 6.07) is 5.87. The largest absolute Gasteiger partial charge is 0.399 e. The first-order chi connectivity index (χ1) is 10.0. The van der Waals surface area contributed by atoms with E-state index in [0.717, 1.165) is 24.4 Å². The molecule has 21 heavy (non-hydrogen) atoms. The van der Waals surface area contributed by atoms with Crippen LogP contribution in [0.1, 0.15) is 50.4 Å². The number of hydrogen-bond donors (Lipinski definition) is 3. The number of nitrogen functional groups attached to an aromatic ring is 1. The average Bonchev–Trinajstić information content (AvgIpc) is 2.43. The molecule has 1 saturated carbocycles. The van der Waals surface area contributed by atoms with E-state index in [4.69, 9.17) is 5.73 Å². The summed E-state index contributed by atoms with van der Waals surface area (Å²) < 4.78 is 0. The summed E-state index contributed by atoms with van der Waals surface area (Å²) in [5, 5.41) is 6.39. The van der Waals surface area contributed by atoms with E-state index in [2.05, 4.69) is 24.5 Å². The van der Waals surface area contributed by atoms with Crippen LogP contribution in [-0.2, 0) is 0 Å². The van der Waals surface area contributed by atoms with Crippen LogP contribution in [0.25, 0.3) is 0 Å². The topological polar surface area (TPSA) is 67.2 Å². The summed E-state index contributed by atoms with van der Waals surface area (Å²) in [7, 11) is 0. The molecule has 116 valence electrons. The smallest absolute Gasteiger partial charge is 0.253 e. The molecule has 3 unspecified atom stereocenters. The highest BCUT2D eigenvalue weighted by Gasteiger charge is 2.25. The highest BCUT2D eigenvalue weighted by Crippen LogP contribution is 2.32. The van der Waals surface area contributed by atoms with E-state index in [1.54, 1.807) is 12.1 Å².